The molecule has 0 unspecified atom stereocenters. The first-order valence-corrected chi connectivity index (χ1v) is 13.6. The molecule has 1 heterocycles. The van der Waals surface area contributed by atoms with E-state index in [0.717, 1.165) is 6.42 Å². The van der Waals surface area contributed by atoms with Gasteiger partial charge in [0.2, 0.25) is 11.8 Å². The topological polar surface area (TPSA) is 117 Å². The number of unbranched alkanes of at least 4 members (excludes halogenated alkanes) is 1. The lowest BCUT2D eigenvalue weighted by Gasteiger charge is -2.53. The van der Waals surface area contributed by atoms with Gasteiger partial charge in [0.15, 0.2) is 0 Å². The Morgan fingerprint density at radius 1 is 0.946 bits per heavy atom. The molecule has 2 rings (SSSR count). The van der Waals surface area contributed by atoms with Gasteiger partial charge in [-0.3, -0.25) is 9.59 Å². The van der Waals surface area contributed by atoms with Crippen LogP contribution in [0.15, 0.2) is 0 Å². The fourth-order valence-corrected chi connectivity index (χ4v) is 5.48. The predicted octanol–water partition coefficient (Wildman–Crippen LogP) is 4.60. The van der Waals surface area contributed by atoms with Crippen molar-refractivity contribution >= 4 is 25.0 Å². The average molecular weight is 524 g/mol. The molecule has 10 heteroatoms. The normalized spacial score (nSPS) is 24.6. The van der Waals surface area contributed by atoms with E-state index in [2.05, 4.69) is 10.6 Å². The van der Waals surface area contributed by atoms with Gasteiger partial charge in [0.1, 0.15) is 5.54 Å². The second-order valence-electron chi connectivity index (χ2n) is 13.9. The van der Waals surface area contributed by atoms with Gasteiger partial charge in [-0.15, -0.1) is 0 Å². The van der Waals surface area contributed by atoms with E-state index in [-0.39, 0.29) is 30.9 Å². The molecule has 0 spiro atoms. The molecule has 0 aromatic carbocycles. The van der Waals surface area contributed by atoms with Crippen molar-refractivity contribution in [1.29, 1.82) is 0 Å². The zero-order chi connectivity index (χ0) is 28.6. The third-order valence-corrected chi connectivity index (χ3v) is 7.96. The largest absolute Gasteiger partial charge is 0.465 e. The van der Waals surface area contributed by atoms with E-state index in [9.17, 15) is 19.5 Å². The molecule has 1 atom stereocenters. The molecule has 9 nitrogen and oxygen atoms in total. The zero-order valence-electron chi connectivity index (χ0n) is 24.9. The molecule has 0 aromatic heterocycles. The van der Waals surface area contributed by atoms with Gasteiger partial charge >= 0.3 is 13.2 Å². The summed E-state index contributed by atoms with van der Waals surface area (Å²) >= 11 is 0. The molecule has 0 aromatic rings. The van der Waals surface area contributed by atoms with Crippen LogP contribution in [0.3, 0.4) is 0 Å². The Hall–Kier alpha value is -1.81. The fourth-order valence-electron chi connectivity index (χ4n) is 5.48. The van der Waals surface area contributed by atoms with Crippen molar-refractivity contribution in [2.24, 2.45) is 5.92 Å². The summed E-state index contributed by atoms with van der Waals surface area (Å²) in [5.41, 5.74) is -2.95. The van der Waals surface area contributed by atoms with E-state index in [1.54, 1.807) is 0 Å². The Labute approximate surface area is 223 Å². The summed E-state index contributed by atoms with van der Waals surface area (Å²) in [6.07, 6.45) is 2.65. The number of rotatable bonds is 9. The Kier molecular flexibility index (Phi) is 9.13. The van der Waals surface area contributed by atoms with Crippen molar-refractivity contribution in [3.8, 4) is 0 Å². The van der Waals surface area contributed by atoms with E-state index in [4.69, 9.17) is 9.31 Å². The number of hydrogen-bond acceptors (Lipinski definition) is 5. The maximum absolute atomic E-state index is 13.8. The van der Waals surface area contributed by atoms with E-state index in [1.807, 2.05) is 69.2 Å². The first kappa shape index (κ1) is 31.4. The van der Waals surface area contributed by atoms with Crippen LogP contribution in [0.4, 0.5) is 4.79 Å². The van der Waals surface area contributed by atoms with Gasteiger partial charge in [0, 0.05) is 24.0 Å². The molecule has 3 N–H and O–H groups in total. The van der Waals surface area contributed by atoms with Crippen molar-refractivity contribution < 1.29 is 28.8 Å². The lowest BCUT2D eigenvalue weighted by molar-refractivity contribution is -0.140. The van der Waals surface area contributed by atoms with Crippen LogP contribution in [0.5, 0.6) is 0 Å². The molecule has 2 fully saturated rings. The summed E-state index contributed by atoms with van der Waals surface area (Å²) in [5.74, 6) is -0.666. The maximum atomic E-state index is 13.8. The zero-order valence-corrected chi connectivity index (χ0v) is 24.9. The van der Waals surface area contributed by atoms with Crippen LogP contribution < -0.4 is 10.6 Å². The first-order chi connectivity index (χ1) is 16.6. The molecule has 1 saturated heterocycles. The molecular weight excluding hydrogens is 473 g/mol. The number of carbonyl (C=O) groups is 3. The van der Waals surface area contributed by atoms with Crippen LogP contribution in [0.25, 0.3) is 0 Å². The molecular formula is C27H50BN3O6. The van der Waals surface area contributed by atoms with Gasteiger partial charge in [-0.05, 0) is 101 Å². The summed E-state index contributed by atoms with van der Waals surface area (Å²) in [6.45, 7) is 20.9. The summed E-state index contributed by atoms with van der Waals surface area (Å²) < 4.78 is 12.2. The lowest BCUT2D eigenvalue weighted by Crippen LogP contribution is -2.69. The summed E-state index contributed by atoms with van der Waals surface area (Å²) in [6, 6.07) is -0.206. The Morgan fingerprint density at radius 3 is 1.86 bits per heavy atom. The molecule has 212 valence electrons. The number of amides is 3. The minimum atomic E-state index is -1.12. The second kappa shape index (κ2) is 10.8. The monoisotopic (exact) mass is 523 g/mol. The van der Waals surface area contributed by atoms with Crippen LogP contribution in [0.2, 0.25) is 6.32 Å². The van der Waals surface area contributed by atoms with Crippen LogP contribution in [0.1, 0.15) is 108 Å². The van der Waals surface area contributed by atoms with Crippen LogP contribution in [-0.4, -0.2) is 68.9 Å². The lowest BCUT2D eigenvalue weighted by atomic mass is 9.64. The van der Waals surface area contributed by atoms with E-state index < -0.39 is 33.9 Å². The minimum Gasteiger partial charge on any atom is -0.465 e. The van der Waals surface area contributed by atoms with Gasteiger partial charge < -0.3 is 29.9 Å². The van der Waals surface area contributed by atoms with Crippen LogP contribution in [-0.2, 0) is 18.9 Å². The predicted molar refractivity (Wildman–Crippen MR) is 145 cm³/mol. The molecule has 1 aliphatic heterocycles. The Morgan fingerprint density at radius 2 is 1.46 bits per heavy atom. The molecule has 0 radical (unpaired) electrons. The van der Waals surface area contributed by atoms with Crippen molar-refractivity contribution in [1.82, 2.24) is 15.5 Å². The highest BCUT2D eigenvalue weighted by molar-refractivity contribution is 6.45. The van der Waals surface area contributed by atoms with Crippen LogP contribution in [0, 0.1) is 5.92 Å². The highest BCUT2D eigenvalue weighted by Crippen LogP contribution is 2.44. The molecule has 3 amide bonds. The molecule has 1 saturated carbocycles. The standard InChI is InChI=1S/C27H50BN3O6/c1-18(32)29-27(21(33)30-23(2,3)4,19-16-20(17-19)31(22(34)35)24(5,6)7)14-12-13-15-28-36-25(8,9)26(10,11)37-28/h19-20H,12-17H2,1-11H3,(H,29,32)(H,30,33)(H,34,35)/t19?,20?,27-/m1/s1. The molecule has 1 aliphatic carbocycles. The number of carbonyl (C=O) groups excluding carboxylic acids is 2. The van der Waals surface area contributed by atoms with Gasteiger partial charge in [-0.25, -0.2) is 4.79 Å². The van der Waals surface area contributed by atoms with E-state index >= 15 is 0 Å². The molecule has 2 aliphatic rings. The molecule has 0 bridgehead atoms. The van der Waals surface area contributed by atoms with Gasteiger partial charge in [-0.1, -0.05) is 12.8 Å². The van der Waals surface area contributed by atoms with E-state index in [1.165, 1.54) is 11.8 Å². The summed E-state index contributed by atoms with van der Waals surface area (Å²) in [4.78, 5) is 39.7. The number of nitrogens with zero attached hydrogens (tertiary/aromatic N) is 1. The summed E-state index contributed by atoms with van der Waals surface area (Å²) in [7, 11) is -0.312. The first-order valence-electron chi connectivity index (χ1n) is 13.6. The van der Waals surface area contributed by atoms with Crippen molar-refractivity contribution in [2.75, 3.05) is 0 Å². The van der Waals surface area contributed by atoms with E-state index in [0.29, 0.717) is 32.0 Å². The smallest absolute Gasteiger partial charge is 0.457 e. The highest BCUT2D eigenvalue weighted by Gasteiger charge is 2.55. The van der Waals surface area contributed by atoms with Crippen molar-refractivity contribution in [3.05, 3.63) is 0 Å². The second-order valence-corrected chi connectivity index (χ2v) is 13.9. The number of nitrogens with one attached hydrogen (secondary N) is 2. The van der Waals surface area contributed by atoms with Gasteiger partial charge in [0.25, 0.3) is 0 Å². The third kappa shape index (κ3) is 7.40. The van der Waals surface area contributed by atoms with Crippen molar-refractivity contribution in [3.63, 3.8) is 0 Å². The minimum absolute atomic E-state index is 0.176. The highest BCUT2D eigenvalue weighted by atomic mass is 16.7. The van der Waals surface area contributed by atoms with Gasteiger partial charge in [0.05, 0.1) is 11.2 Å². The Bertz CT molecular complexity index is 841. The SMILES string of the molecule is CC(=O)N[C@@](CCCCB1OC(C)(C)C(C)(C)O1)(C(=O)NC(C)(C)C)C1CC(N(C(=O)O)C(C)(C)C)C1. The number of hydrogen-bond donors (Lipinski definition) is 3. The van der Waals surface area contributed by atoms with Gasteiger partial charge in [-0.2, -0.15) is 0 Å². The Balaban J connectivity index is 2.21. The van der Waals surface area contributed by atoms with Crippen LogP contribution >= 0.6 is 0 Å². The fraction of sp³-hybridized carbons (Fsp3) is 0.889. The maximum Gasteiger partial charge on any atom is 0.457 e. The number of carboxylic acid groups (broad SMARTS) is 1. The summed E-state index contributed by atoms with van der Waals surface area (Å²) in [5, 5.41) is 15.9. The molecule has 37 heavy (non-hydrogen) atoms. The van der Waals surface area contributed by atoms with Crippen molar-refractivity contribution in [2.45, 2.75) is 148 Å². The quantitative estimate of drug-likeness (QED) is 0.301. The third-order valence-electron chi connectivity index (χ3n) is 7.96. The average Bonchev–Trinajstić information content (AvgIpc) is 2.83.